The molecule has 0 bridgehead atoms. The van der Waals surface area contributed by atoms with Gasteiger partial charge in [0.15, 0.2) is 5.16 Å². The summed E-state index contributed by atoms with van der Waals surface area (Å²) in [5.74, 6) is 3.29. The zero-order chi connectivity index (χ0) is 19.5. The topological polar surface area (TPSA) is 69.0 Å². The molecule has 7 heteroatoms. The monoisotopic (exact) mass is 394 g/mol. The van der Waals surface area contributed by atoms with Crippen LogP contribution in [0.5, 0.6) is 11.5 Å². The molecule has 144 valence electrons. The van der Waals surface area contributed by atoms with E-state index in [1.165, 1.54) is 30.2 Å². The van der Waals surface area contributed by atoms with Crippen LogP contribution in [0.2, 0.25) is 0 Å². The molecule has 2 aromatic carbocycles. The summed E-state index contributed by atoms with van der Waals surface area (Å²) < 4.78 is 7.80. The van der Waals surface area contributed by atoms with Gasteiger partial charge in [-0.2, -0.15) is 0 Å². The lowest BCUT2D eigenvalue weighted by atomic mass is 10.2. The van der Waals surface area contributed by atoms with Crippen LogP contribution < -0.4 is 10.1 Å². The number of rotatable bonds is 7. The summed E-state index contributed by atoms with van der Waals surface area (Å²) in [7, 11) is 1.96. The molecule has 1 amide bonds. The summed E-state index contributed by atoms with van der Waals surface area (Å²) in [6.07, 6.45) is 2.36. The summed E-state index contributed by atoms with van der Waals surface area (Å²) in [6.45, 7) is 2.04. The van der Waals surface area contributed by atoms with E-state index in [1.54, 1.807) is 0 Å². The number of hydrogen-bond donors (Lipinski definition) is 1. The number of aryl methyl sites for hydroxylation is 1. The second kappa shape index (κ2) is 8.06. The second-order valence-corrected chi connectivity index (χ2v) is 7.89. The van der Waals surface area contributed by atoms with Gasteiger partial charge in [0.05, 0.1) is 5.75 Å². The number of carbonyl (C=O) groups excluding carboxylic acids is 1. The number of aromatic nitrogens is 3. The van der Waals surface area contributed by atoms with Crippen LogP contribution >= 0.6 is 11.8 Å². The minimum absolute atomic E-state index is 0.0758. The predicted molar refractivity (Wildman–Crippen MR) is 110 cm³/mol. The predicted octanol–water partition coefficient (Wildman–Crippen LogP) is 4.52. The fraction of sp³-hybridized carbons (Fsp3) is 0.286. The molecular formula is C21H22N4O2S. The van der Waals surface area contributed by atoms with Gasteiger partial charge in [-0.25, -0.2) is 0 Å². The molecule has 1 heterocycles. The van der Waals surface area contributed by atoms with E-state index in [1.807, 2.05) is 67.1 Å². The maximum absolute atomic E-state index is 12.2. The lowest BCUT2D eigenvalue weighted by Gasteiger charge is -2.08. The molecular weight excluding hydrogens is 372 g/mol. The van der Waals surface area contributed by atoms with Crippen molar-refractivity contribution in [3.63, 3.8) is 0 Å². The standard InChI is InChI=1S/C21H22N4O2S/c1-14-3-9-17(10-4-14)27-18-11-7-16(8-12-18)22-19(26)13-28-21-24-23-20(25(21)2)15-5-6-15/h3-4,7-12,15H,5-6,13H2,1-2H3,(H,22,26). The summed E-state index contributed by atoms with van der Waals surface area (Å²) in [5, 5.41) is 12.1. The molecule has 6 nitrogen and oxygen atoms in total. The number of carbonyl (C=O) groups is 1. The zero-order valence-corrected chi connectivity index (χ0v) is 16.7. The third-order valence-electron chi connectivity index (χ3n) is 4.54. The first-order valence-electron chi connectivity index (χ1n) is 9.25. The van der Waals surface area contributed by atoms with Crippen molar-refractivity contribution in [2.75, 3.05) is 11.1 Å². The molecule has 0 atom stereocenters. The molecule has 1 saturated carbocycles. The average molecular weight is 395 g/mol. The molecule has 0 spiro atoms. The van der Waals surface area contributed by atoms with Crippen LogP contribution in [0.15, 0.2) is 53.7 Å². The Hall–Kier alpha value is -2.80. The maximum Gasteiger partial charge on any atom is 0.234 e. The SMILES string of the molecule is Cc1ccc(Oc2ccc(NC(=O)CSc3nnc(C4CC4)n3C)cc2)cc1. The number of nitrogens with zero attached hydrogens (tertiary/aromatic N) is 3. The van der Waals surface area contributed by atoms with Crippen molar-refractivity contribution in [3.05, 3.63) is 59.9 Å². The summed E-state index contributed by atoms with van der Waals surface area (Å²) >= 11 is 1.40. The molecule has 1 N–H and O–H groups in total. The van der Waals surface area contributed by atoms with Gasteiger partial charge in [-0.1, -0.05) is 29.5 Å². The third-order valence-corrected chi connectivity index (χ3v) is 5.56. The van der Waals surface area contributed by atoms with Crippen molar-refractivity contribution in [2.45, 2.75) is 30.8 Å². The van der Waals surface area contributed by atoms with Gasteiger partial charge >= 0.3 is 0 Å². The van der Waals surface area contributed by atoms with E-state index < -0.39 is 0 Å². The molecule has 0 aliphatic heterocycles. The molecule has 3 aromatic rings. The molecule has 1 aliphatic rings. The van der Waals surface area contributed by atoms with E-state index in [0.717, 1.165) is 28.2 Å². The van der Waals surface area contributed by atoms with Crippen LogP contribution in [0.1, 0.15) is 30.1 Å². The molecule has 1 aromatic heterocycles. The Labute approximate surface area is 168 Å². The highest BCUT2D eigenvalue weighted by molar-refractivity contribution is 7.99. The van der Waals surface area contributed by atoms with Gasteiger partial charge in [0, 0.05) is 18.7 Å². The Morgan fingerprint density at radius 3 is 2.39 bits per heavy atom. The van der Waals surface area contributed by atoms with Crippen molar-refractivity contribution in [3.8, 4) is 11.5 Å². The number of anilines is 1. The molecule has 0 unspecified atom stereocenters. The van der Waals surface area contributed by atoms with Gasteiger partial charge in [0.2, 0.25) is 5.91 Å². The highest BCUT2D eigenvalue weighted by atomic mass is 32.2. The van der Waals surface area contributed by atoms with E-state index in [4.69, 9.17) is 4.74 Å². The van der Waals surface area contributed by atoms with Crippen molar-refractivity contribution < 1.29 is 9.53 Å². The number of nitrogens with one attached hydrogen (secondary N) is 1. The van der Waals surface area contributed by atoms with Gasteiger partial charge in [0.25, 0.3) is 0 Å². The maximum atomic E-state index is 12.2. The number of hydrogen-bond acceptors (Lipinski definition) is 5. The van der Waals surface area contributed by atoms with Crippen LogP contribution in [-0.4, -0.2) is 26.4 Å². The van der Waals surface area contributed by atoms with Crippen molar-refractivity contribution >= 4 is 23.4 Å². The third kappa shape index (κ3) is 4.54. The number of benzene rings is 2. The fourth-order valence-corrected chi connectivity index (χ4v) is 3.54. The lowest BCUT2D eigenvalue weighted by molar-refractivity contribution is -0.113. The van der Waals surface area contributed by atoms with E-state index in [-0.39, 0.29) is 11.7 Å². The van der Waals surface area contributed by atoms with Gasteiger partial charge in [-0.15, -0.1) is 10.2 Å². The largest absolute Gasteiger partial charge is 0.457 e. The minimum Gasteiger partial charge on any atom is -0.457 e. The normalized spacial score (nSPS) is 13.4. The van der Waals surface area contributed by atoms with E-state index in [0.29, 0.717) is 5.92 Å². The van der Waals surface area contributed by atoms with Crippen LogP contribution in [0.4, 0.5) is 5.69 Å². The van der Waals surface area contributed by atoms with Crippen molar-refractivity contribution in [1.82, 2.24) is 14.8 Å². The quantitative estimate of drug-likeness (QED) is 0.597. The Bertz CT molecular complexity index is 963. The Morgan fingerprint density at radius 2 is 1.75 bits per heavy atom. The Balaban J connectivity index is 1.29. The summed E-state index contributed by atoms with van der Waals surface area (Å²) in [4.78, 5) is 12.2. The first-order chi connectivity index (χ1) is 13.6. The highest BCUT2D eigenvalue weighted by Gasteiger charge is 2.29. The highest BCUT2D eigenvalue weighted by Crippen LogP contribution is 2.39. The fourth-order valence-electron chi connectivity index (χ4n) is 2.82. The zero-order valence-electron chi connectivity index (χ0n) is 15.9. The lowest BCUT2D eigenvalue weighted by Crippen LogP contribution is -2.14. The van der Waals surface area contributed by atoms with Crippen LogP contribution in [-0.2, 0) is 11.8 Å². The Morgan fingerprint density at radius 1 is 1.11 bits per heavy atom. The number of amides is 1. The van der Waals surface area contributed by atoms with Crippen molar-refractivity contribution in [2.24, 2.45) is 7.05 Å². The van der Waals surface area contributed by atoms with Gasteiger partial charge < -0.3 is 14.6 Å². The number of ether oxygens (including phenoxy) is 1. The molecule has 0 saturated heterocycles. The average Bonchev–Trinajstić information content (AvgIpc) is 3.47. The van der Waals surface area contributed by atoms with Gasteiger partial charge in [-0.05, 0) is 56.2 Å². The van der Waals surface area contributed by atoms with Crippen LogP contribution in [0, 0.1) is 6.92 Å². The molecule has 1 aliphatic carbocycles. The van der Waals surface area contributed by atoms with Gasteiger partial charge in [0.1, 0.15) is 17.3 Å². The van der Waals surface area contributed by atoms with E-state index in [9.17, 15) is 4.79 Å². The smallest absolute Gasteiger partial charge is 0.234 e. The summed E-state index contributed by atoms with van der Waals surface area (Å²) in [5.41, 5.74) is 1.92. The molecule has 0 radical (unpaired) electrons. The van der Waals surface area contributed by atoms with Crippen molar-refractivity contribution in [1.29, 1.82) is 0 Å². The van der Waals surface area contributed by atoms with Crippen LogP contribution in [0.3, 0.4) is 0 Å². The molecule has 1 fully saturated rings. The minimum atomic E-state index is -0.0758. The number of thioether (sulfide) groups is 1. The second-order valence-electron chi connectivity index (χ2n) is 6.95. The van der Waals surface area contributed by atoms with Crippen LogP contribution in [0.25, 0.3) is 0 Å². The first-order valence-corrected chi connectivity index (χ1v) is 10.2. The van der Waals surface area contributed by atoms with E-state index in [2.05, 4.69) is 15.5 Å². The molecule has 4 rings (SSSR count). The molecule has 28 heavy (non-hydrogen) atoms. The van der Waals surface area contributed by atoms with Gasteiger partial charge in [-0.3, -0.25) is 4.79 Å². The first kappa shape index (κ1) is 18.6. The summed E-state index contributed by atoms with van der Waals surface area (Å²) in [6, 6.07) is 15.2. The van der Waals surface area contributed by atoms with E-state index >= 15 is 0 Å². The Kier molecular flexibility index (Phi) is 5.34.